The Bertz CT molecular complexity index is 1670. The molecule has 0 saturated carbocycles. The maximum Gasteiger partial charge on any atom is 0.499 e. The van der Waals surface area contributed by atoms with Gasteiger partial charge in [-0.1, -0.05) is 6.58 Å². The fraction of sp³-hybridized carbons (Fsp3) is 0.625. The Morgan fingerprint density at radius 2 is 1.94 bits per heavy atom. The van der Waals surface area contributed by atoms with E-state index < -0.39 is 86.0 Å². The predicted molar refractivity (Wildman–Crippen MR) is 181 cm³/mol. The average molecular weight is 835 g/mol. The van der Waals surface area contributed by atoms with Gasteiger partial charge in [-0.3, -0.25) is 33.8 Å². The second kappa shape index (κ2) is 18.5. The molecule has 4 heterocycles. The molecule has 0 aromatic rings. The van der Waals surface area contributed by atoms with Crippen LogP contribution in [0.15, 0.2) is 38.8 Å². The zero-order valence-electron chi connectivity index (χ0n) is 28.8. The highest BCUT2D eigenvalue weighted by Crippen LogP contribution is 2.55. The minimum Gasteiger partial charge on any atom is -0.388 e. The molecule has 4 aliphatic rings. The van der Waals surface area contributed by atoms with Crippen molar-refractivity contribution in [3.05, 3.63) is 23.8 Å². The molecule has 27 nitrogen and oxygen atoms in total. The number of carbonyl (C=O) groups is 2. The number of ether oxygens (including phenoxy) is 3. The van der Waals surface area contributed by atoms with E-state index in [9.17, 15) is 43.3 Å². The second-order valence-corrected chi connectivity index (χ2v) is 15.5. The van der Waals surface area contributed by atoms with Crippen LogP contribution in [0.25, 0.3) is 0 Å². The molecule has 0 aromatic carbocycles. The van der Waals surface area contributed by atoms with Crippen molar-refractivity contribution in [1.82, 2.24) is 25.3 Å². The summed E-state index contributed by atoms with van der Waals surface area (Å²) in [6, 6.07) is 0. The molecule has 0 bridgehead atoms. The zero-order chi connectivity index (χ0) is 40.0. The van der Waals surface area contributed by atoms with Crippen LogP contribution in [-0.2, 0) is 60.2 Å². The van der Waals surface area contributed by atoms with Crippen LogP contribution in [0.1, 0.15) is 13.3 Å². The zero-order valence-corrected chi connectivity index (χ0v) is 31.6. The number of hydrogen-bond donors (Lipinski definition) is 8. The van der Waals surface area contributed by atoms with Gasteiger partial charge >= 0.3 is 23.9 Å². The van der Waals surface area contributed by atoms with Gasteiger partial charge in [0.15, 0.2) is 24.2 Å². The summed E-state index contributed by atoms with van der Waals surface area (Å²) >= 11 is 0. The highest BCUT2D eigenvalue weighted by molar-refractivity contribution is 7.56. The topological polar surface area (TPSA) is 363 Å². The molecule has 0 aliphatic carbocycles. The number of phosphoric ester groups is 2. The number of rotatable bonds is 16. The largest absolute Gasteiger partial charge is 0.499 e. The van der Waals surface area contributed by atoms with Gasteiger partial charge in [0, 0.05) is 20.6 Å². The van der Waals surface area contributed by atoms with E-state index >= 15 is 0 Å². The normalized spacial score (nSPS) is 32.6. The number of guanidine groups is 2. The molecule has 2 fully saturated rings. The summed E-state index contributed by atoms with van der Waals surface area (Å²) in [7, 11) is -11.6. The number of allylic oxidation sites excluding steroid dienone is 1. The molecule has 9 unspecified atom stereocenters. The third kappa shape index (κ3) is 11.3. The molecule has 54 heavy (non-hydrogen) atoms. The van der Waals surface area contributed by atoms with Crippen molar-refractivity contribution in [2.24, 2.45) is 26.4 Å². The predicted octanol–water partition coefficient (Wildman–Crippen LogP) is -3.15. The van der Waals surface area contributed by atoms with Gasteiger partial charge in [0.1, 0.15) is 36.8 Å². The molecule has 4 aliphatic heterocycles. The van der Waals surface area contributed by atoms with Gasteiger partial charge in [-0.15, -0.1) is 9.35 Å². The van der Waals surface area contributed by atoms with E-state index in [1.165, 1.54) is 16.9 Å². The lowest BCUT2D eigenvalue weighted by molar-refractivity contribution is -0.136. The van der Waals surface area contributed by atoms with Crippen LogP contribution in [0.3, 0.4) is 0 Å². The van der Waals surface area contributed by atoms with Gasteiger partial charge in [-0.05, 0) is 6.92 Å². The number of nitrogens with zero attached hydrogens (tertiary/aromatic N) is 6. The number of hydrogen-bond acceptors (Lipinski definition) is 22. The quantitative estimate of drug-likeness (QED) is 0.0145. The third-order valence-corrected chi connectivity index (χ3v) is 10.9. The van der Waals surface area contributed by atoms with E-state index in [0.717, 1.165) is 6.34 Å². The SMILES string of the molecule is C=C1/N=C\N(C2OC(COP(=O)(O)O[PH](=O)OOP(=O)(O)OCC3OC(N4CN(C)C(C)=C4/N=C(/N)NC=O)C(O)C3OC)C[C@@H]2O)C/N=C(/N)NC1=O. The van der Waals surface area contributed by atoms with Gasteiger partial charge in [0.05, 0.1) is 38.0 Å². The highest BCUT2D eigenvalue weighted by Gasteiger charge is 2.50. The summed E-state index contributed by atoms with van der Waals surface area (Å²) in [6.07, 6.45) is -6.88. The van der Waals surface area contributed by atoms with Crippen molar-refractivity contribution in [1.29, 1.82) is 0 Å². The number of nitrogens with two attached hydrogens (primary N) is 2. The molecule has 10 atom stereocenters. The van der Waals surface area contributed by atoms with E-state index in [-0.39, 0.29) is 43.2 Å². The second-order valence-electron chi connectivity index (χ2n) is 11.6. The summed E-state index contributed by atoms with van der Waals surface area (Å²) in [5.41, 5.74) is 11.7. The summed E-state index contributed by atoms with van der Waals surface area (Å²) in [5.74, 6) is -0.956. The molecular weight excluding hydrogens is 793 g/mol. The van der Waals surface area contributed by atoms with Gasteiger partial charge in [-0.2, -0.15) is 4.99 Å². The fourth-order valence-corrected chi connectivity index (χ4v) is 7.66. The molecule has 304 valence electrons. The number of nitrogens with one attached hydrogen (secondary N) is 2. The van der Waals surface area contributed by atoms with Crippen LogP contribution in [0.2, 0.25) is 0 Å². The van der Waals surface area contributed by atoms with Gasteiger partial charge in [0.2, 0.25) is 12.4 Å². The lowest BCUT2D eigenvalue weighted by atomic mass is 10.1. The molecule has 2 saturated heterocycles. The standard InChI is InChI=1S/C24H41N10O17P3/c1-12-20(38)31-23(25)28-9-33(8-27-12)21-15(36)5-14(47-21)6-45-54(42,43)51-52(39)49-50-53(40,41)46-7-16-18(44-4)17(37)22(48-16)34-11-32(3)13(2)19(34)30-24(26)29-10-35/h8,10,14-18,21-22,36-37,52H,1,5-7,9,11H2,2-4H3,(H,40,41)(H,42,43)(H3,25,28,31,38)(H3,26,29,30,35)/b27-8-/t14?,15-,16?,17?,18?,21?,22?/m0/s1. The monoisotopic (exact) mass is 834 g/mol. The highest BCUT2D eigenvalue weighted by atomic mass is 31.2. The van der Waals surface area contributed by atoms with Crippen molar-refractivity contribution >= 4 is 54.5 Å². The summed E-state index contributed by atoms with van der Waals surface area (Å²) in [4.78, 5) is 59.2. The number of methoxy groups -OCH3 is 1. The van der Waals surface area contributed by atoms with Gasteiger partial charge in [-0.25, -0.2) is 23.4 Å². The Hall–Kier alpha value is -3.36. The Morgan fingerprint density at radius 3 is 2.63 bits per heavy atom. The minimum absolute atomic E-state index is 0.132. The van der Waals surface area contributed by atoms with Crippen molar-refractivity contribution in [2.75, 3.05) is 40.7 Å². The Kier molecular flexibility index (Phi) is 14.9. The van der Waals surface area contributed by atoms with Crippen LogP contribution in [0.4, 0.5) is 0 Å². The smallest absolute Gasteiger partial charge is 0.388 e. The van der Waals surface area contributed by atoms with E-state index in [1.807, 2.05) is 0 Å². The Morgan fingerprint density at radius 1 is 1.24 bits per heavy atom. The van der Waals surface area contributed by atoms with E-state index in [1.54, 1.807) is 18.9 Å². The first-order valence-electron chi connectivity index (χ1n) is 15.4. The van der Waals surface area contributed by atoms with Crippen molar-refractivity contribution in [2.45, 2.75) is 56.3 Å². The summed E-state index contributed by atoms with van der Waals surface area (Å²) in [5, 5.41) is 25.9. The van der Waals surface area contributed by atoms with Crippen LogP contribution < -0.4 is 22.1 Å². The van der Waals surface area contributed by atoms with E-state index in [2.05, 4.69) is 45.8 Å². The molecule has 2 amide bonds. The van der Waals surface area contributed by atoms with Crippen LogP contribution in [0.5, 0.6) is 0 Å². The first-order chi connectivity index (χ1) is 25.3. The molecule has 10 N–H and O–H groups in total. The summed E-state index contributed by atoms with van der Waals surface area (Å²) in [6.45, 7) is 3.68. The number of aliphatic hydroxyl groups excluding tert-OH is 2. The lowest BCUT2D eigenvalue weighted by Gasteiger charge is -2.29. The molecule has 0 spiro atoms. The van der Waals surface area contributed by atoms with Gasteiger partial charge in [0.25, 0.3) is 5.91 Å². The molecule has 0 radical (unpaired) electrons. The number of aliphatic imine (C=N–C) groups is 3. The minimum atomic E-state index is -5.23. The fourth-order valence-electron chi connectivity index (χ4n) is 5.22. The molecule has 0 aromatic heterocycles. The van der Waals surface area contributed by atoms with Crippen LogP contribution in [-0.4, -0.2) is 149 Å². The lowest BCUT2D eigenvalue weighted by Crippen LogP contribution is -2.44. The van der Waals surface area contributed by atoms with Crippen LogP contribution >= 0.6 is 23.9 Å². The molecular formula is C24H41N10O17P3. The average Bonchev–Trinajstić information content (AvgIpc) is 3.73. The van der Waals surface area contributed by atoms with E-state index in [4.69, 9.17) is 34.7 Å². The Labute approximate surface area is 307 Å². The van der Waals surface area contributed by atoms with E-state index in [0.29, 0.717) is 12.1 Å². The molecule has 4 rings (SSSR count). The van der Waals surface area contributed by atoms with Crippen molar-refractivity contribution in [3.63, 3.8) is 0 Å². The van der Waals surface area contributed by atoms with Gasteiger partial charge < -0.3 is 60.4 Å². The first kappa shape index (κ1) is 43.4. The first-order valence-corrected chi connectivity index (χ1v) is 19.6. The van der Waals surface area contributed by atoms with Crippen molar-refractivity contribution in [3.8, 4) is 0 Å². The van der Waals surface area contributed by atoms with Crippen molar-refractivity contribution < 1.29 is 80.2 Å². The number of phosphoric acid groups is 2. The maximum absolute atomic E-state index is 12.5. The summed E-state index contributed by atoms with van der Waals surface area (Å²) < 4.78 is 76.3. The molecule has 30 heteroatoms. The van der Waals surface area contributed by atoms with Crippen LogP contribution in [0, 0.1) is 0 Å². The Balaban J connectivity index is 1.25. The third-order valence-electron chi connectivity index (χ3n) is 7.83. The number of amides is 2. The number of aliphatic hydroxyl groups is 2. The maximum atomic E-state index is 12.5. The number of carbonyl (C=O) groups excluding carboxylic acids is 2.